The molecule has 0 unspecified atom stereocenters. The largest absolute Gasteiger partial charge is 0.505 e. The summed E-state index contributed by atoms with van der Waals surface area (Å²) in [5.41, 5.74) is 5.99. The van der Waals surface area contributed by atoms with Gasteiger partial charge in [0.2, 0.25) is 0 Å². The van der Waals surface area contributed by atoms with E-state index in [1.54, 1.807) is 6.07 Å². The number of aliphatic imine (C=N–C) groups is 1. The summed E-state index contributed by atoms with van der Waals surface area (Å²) in [5.74, 6) is 0.0416. The van der Waals surface area contributed by atoms with Crippen molar-refractivity contribution in [1.82, 2.24) is 0 Å². The van der Waals surface area contributed by atoms with Crippen LogP contribution in [-0.2, 0) is 10.3 Å². The van der Waals surface area contributed by atoms with Crippen LogP contribution in [-0.4, -0.2) is 29.2 Å². The monoisotopic (exact) mass is 268 g/mol. The molecule has 2 heterocycles. The molecule has 18 heavy (non-hydrogen) atoms. The van der Waals surface area contributed by atoms with Gasteiger partial charge in [-0.15, -0.1) is 0 Å². The van der Waals surface area contributed by atoms with Crippen LogP contribution in [0.15, 0.2) is 23.2 Å². The van der Waals surface area contributed by atoms with E-state index in [4.69, 9.17) is 10.5 Å². The number of hydrogen-bond donors (Lipinski definition) is 2. The van der Waals surface area contributed by atoms with Crippen molar-refractivity contribution in [2.24, 2.45) is 16.6 Å². The van der Waals surface area contributed by atoms with Crippen LogP contribution in [0.25, 0.3) is 0 Å². The predicted octanol–water partition coefficient (Wildman–Crippen LogP) is 1.43. The van der Waals surface area contributed by atoms with Crippen LogP contribution in [0.2, 0.25) is 0 Å². The number of aromatic hydroxyl groups is 1. The molecule has 2 aliphatic rings. The highest BCUT2D eigenvalue weighted by Gasteiger charge is 2.48. The Morgan fingerprint density at radius 2 is 2.39 bits per heavy atom. The van der Waals surface area contributed by atoms with Gasteiger partial charge in [-0.05, 0) is 17.7 Å². The topological polar surface area (TPSA) is 67.8 Å². The number of rotatable bonds is 1. The van der Waals surface area contributed by atoms with Crippen molar-refractivity contribution >= 4 is 16.9 Å². The minimum atomic E-state index is -0.632. The van der Waals surface area contributed by atoms with E-state index in [1.807, 2.05) is 0 Å². The van der Waals surface area contributed by atoms with Crippen LogP contribution in [0.5, 0.6) is 5.75 Å². The molecule has 1 saturated heterocycles. The molecule has 0 aromatic heterocycles. The number of nitrogens with zero attached hydrogens (tertiary/aromatic N) is 1. The fourth-order valence-electron chi connectivity index (χ4n) is 2.50. The number of halogens is 1. The van der Waals surface area contributed by atoms with E-state index in [2.05, 4.69) is 4.99 Å². The Kier molecular flexibility index (Phi) is 2.71. The minimum Gasteiger partial charge on any atom is -0.505 e. The van der Waals surface area contributed by atoms with Crippen molar-refractivity contribution in [2.75, 3.05) is 19.0 Å². The van der Waals surface area contributed by atoms with Gasteiger partial charge in [0.05, 0.1) is 13.2 Å². The summed E-state index contributed by atoms with van der Waals surface area (Å²) in [5, 5.41) is 10.0. The molecule has 0 saturated carbocycles. The third kappa shape index (κ3) is 1.67. The zero-order valence-electron chi connectivity index (χ0n) is 9.60. The van der Waals surface area contributed by atoms with Crippen molar-refractivity contribution in [3.05, 3.63) is 29.6 Å². The molecule has 1 aromatic carbocycles. The summed E-state index contributed by atoms with van der Waals surface area (Å²) in [7, 11) is 0. The van der Waals surface area contributed by atoms with Gasteiger partial charge in [0.25, 0.3) is 0 Å². The SMILES string of the molecule is NC1=N[C@@]2(c3ccc(F)c(O)c3)COC[C@H]2CS1. The fourth-order valence-corrected chi connectivity index (χ4v) is 3.47. The molecule has 0 aliphatic carbocycles. The molecule has 3 N–H and O–H groups in total. The Morgan fingerprint density at radius 3 is 3.17 bits per heavy atom. The average molecular weight is 268 g/mol. The Balaban J connectivity index is 2.11. The lowest BCUT2D eigenvalue weighted by Crippen LogP contribution is -2.39. The van der Waals surface area contributed by atoms with Gasteiger partial charge >= 0.3 is 0 Å². The van der Waals surface area contributed by atoms with Gasteiger partial charge in [-0.2, -0.15) is 0 Å². The van der Waals surface area contributed by atoms with Crippen LogP contribution in [0.4, 0.5) is 4.39 Å². The van der Waals surface area contributed by atoms with Gasteiger partial charge in [0.1, 0.15) is 5.54 Å². The molecular weight excluding hydrogens is 255 g/mol. The Hall–Kier alpha value is -1.27. The van der Waals surface area contributed by atoms with Gasteiger partial charge < -0.3 is 15.6 Å². The number of fused-ring (bicyclic) bond motifs is 1. The maximum atomic E-state index is 13.1. The molecular formula is C12H13FN2O2S. The van der Waals surface area contributed by atoms with E-state index >= 15 is 0 Å². The van der Waals surface area contributed by atoms with E-state index in [0.29, 0.717) is 18.4 Å². The number of amidine groups is 1. The first-order chi connectivity index (χ1) is 8.62. The summed E-state index contributed by atoms with van der Waals surface area (Å²) >= 11 is 1.51. The summed E-state index contributed by atoms with van der Waals surface area (Å²) < 4.78 is 18.7. The fraction of sp³-hybridized carbons (Fsp3) is 0.417. The van der Waals surface area contributed by atoms with Crippen molar-refractivity contribution < 1.29 is 14.2 Å². The molecule has 0 radical (unpaired) electrons. The van der Waals surface area contributed by atoms with E-state index < -0.39 is 11.4 Å². The molecule has 3 rings (SSSR count). The molecule has 2 atom stereocenters. The maximum absolute atomic E-state index is 13.1. The highest BCUT2D eigenvalue weighted by molar-refractivity contribution is 8.13. The van der Waals surface area contributed by atoms with Crippen molar-refractivity contribution in [1.29, 1.82) is 0 Å². The number of nitrogens with two attached hydrogens (primary N) is 1. The number of ether oxygens (including phenoxy) is 1. The van der Waals surface area contributed by atoms with Gasteiger partial charge in [-0.25, -0.2) is 9.38 Å². The van der Waals surface area contributed by atoms with Crippen molar-refractivity contribution in [2.45, 2.75) is 5.54 Å². The van der Waals surface area contributed by atoms with Crippen molar-refractivity contribution in [3.8, 4) is 5.75 Å². The van der Waals surface area contributed by atoms with Crippen molar-refractivity contribution in [3.63, 3.8) is 0 Å². The zero-order chi connectivity index (χ0) is 12.8. The summed E-state index contributed by atoms with van der Waals surface area (Å²) in [4.78, 5) is 4.52. The number of thioether (sulfide) groups is 1. The third-order valence-electron chi connectivity index (χ3n) is 3.50. The van der Waals surface area contributed by atoms with E-state index in [9.17, 15) is 9.50 Å². The molecule has 2 aliphatic heterocycles. The van der Waals surface area contributed by atoms with Gasteiger partial charge in [0.15, 0.2) is 16.7 Å². The van der Waals surface area contributed by atoms with Gasteiger partial charge in [0, 0.05) is 11.7 Å². The number of phenolic OH excluding ortho intramolecular Hbond substituents is 1. The Morgan fingerprint density at radius 1 is 1.56 bits per heavy atom. The van der Waals surface area contributed by atoms with Crippen LogP contribution in [0.1, 0.15) is 5.56 Å². The zero-order valence-corrected chi connectivity index (χ0v) is 10.4. The van der Waals surface area contributed by atoms with Crippen LogP contribution in [0, 0.1) is 11.7 Å². The molecule has 1 fully saturated rings. The summed E-state index contributed by atoms with van der Waals surface area (Å²) in [6.07, 6.45) is 0. The highest BCUT2D eigenvalue weighted by atomic mass is 32.2. The van der Waals surface area contributed by atoms with Crippen LogP contribution >= 0.6 is 11.8 Å². The molecule has 1 aromatic rings. The van der Waals surface area contributed by atoms with E-state index in [0.717, 1.165) is 11.3 Å². The van der Waals surface area contributed by atoms with E-state index in [1.165, 1.54) is 23.9 Å². The summed E-state index contributed by atoms with van der Waals surface area (Å²) in [6, 6.07) is 4.32. The van der Waals surface area contributed by atoms with Crippen LogP contribution in [0.3, 0.4) is 0 Å². The smallest absolute Gasteiger partial charge is 0.164 e. The second-order valence-electron chi connectivity index (χ2n) is 4.56. The first-order valence-corrected chi connectivity index (χ1v) is 6.65. The predicted molar refractivity (Wildman–Crippen MR) is 68.1 cm³/mol. The Labute approximate surface area is 108 Å². The highest BCUT2D eigenvalue weighted by Crippen LogP contribution is 2.45. The molecule has 4 nitrogen and oxygen atoms in total. The molecule has 0 bridgehead atoms. The van der Waals surface area contributed by atoms with Crippen LogP contribution < -0.4 is 5.73 Å². The molecule has 0 amide bonds. The molecule has 96 valence electrons. The standard InChI is InChI=1S/C12H13FN2O2S/c13-9-2-1-7(3-10(9)16)12-6-17-4-8(12)5-18-11(14)15-12/h1-3,8,16H,4-6H2,(H2,14,15)/t8-,12+/m0/s1. The lowest BCUT2D eigenvalue weighted by molar-refractivity contribution is 0.177. The lowest BCUT2D eigenvalue weighted by atomic mass is 9.82. The third-order valence-corrected chi connectivity index (χ3v) is 4.46. The average Bonchev–Trinajstić information content (AvgIpc) is 2.76. The number of phenols is 1. The number of benzene rings is 1. The first-order valence-electron chi connectivity index (χ1n) is 5.67. The minimum absolute atomic E-state index is 0.208. The quantitative estimate of drug-likeness (QED) is 0.808. The maximum Gasteiger partial charge on any atom is 0.164 e. The Bertz CT molecular complexity index is 523. The molecule has 6 heteroatoms. The molecule has 0 spiro atoms. The number of hydrogen-bond acceptors (Lipinski definition) is 5. The second kappa shape index (κ2) is 4.13. The first kappa shape index (κ1) is 11.8. The van der Waals surface area contributed by atoms with E-state index in [-0.39, 0.29) is 11.7 Å². The lowest BCUT2D eigenvalue weighted by Gasteiger charge is -2.33. The summed E-state index contributed by atoms with van der Waals surface area (Å²) in [6.45, 7) is 1.03. The van der Waals surface area contributed by atoms with Gasteiger partial charge in [-0.3, -0.25) is 0 Å². The normalized spacial score (nSPS) is 30.9. The second-order valence-corrected chi connectivity index (χ2v) is 5.60. The van der Waals surface area contributed by atoms with Gasteiger partial charge in [-0.1, -0.05) is 17.8 Å².